The molecular weight excluding hydrogens is 372 g/mol. The van der Waals surface area contributed by atoms with Gasteiger partial charge in [0.25, 0.3) is 5.91 Å². The fourth-order valence-electron chi connectivity index (χ4n) is 3.74. The van der Waals surface area contributed by atoms with Crippen molar-refractivity contribution in [1.29, 1.82) is 0 Å². The van der Waals surface area contributed by atoms with Gasteiger partial charge in [0, 0.05) is 35.5 Å². The second kappa shape index (κ2) is 8.07. The Bertz CT molecular complexity index is 971. The van der Waals surface area contributed by atoms with Crippen LogP contribution in [0.1, 0.15) is 38.2 Å². The van der Waals surface area contributed by atoms with Gasteiger partial charge in [0.05, 0.1) is 19.3 Å². The molecule has 2 aromatic heterocycles. The zero-order valence-electron chi connectivity index (χ0n) is 16.6. The lowest BCUT2D eigenvalue weighted by molar-refractivity contribution is 0.0168. The Hall–Kier alpha value is -2.15. The zero-order chi connectivity index (χ0) is 19.7. The zero-order valence-corrected chi connectivity index (χ0v) is 17.4. The number of rotatable bonds is 5. The van der Waals surface area contributed by atoms with Gasteiger partial charge in [0.2, 0.25) is 0 Å². The number of nitrogens with one attached hydrogen (secondary N) is 1. The van der Waals surface area contributed by atoms with Crippen molar-refractivity contribution >= 4 is 28.2 Å². The van der Waals surface area contributed by atoms with Gasteiger partial charge < -0.3 is 14.5 Å². The molecule has 0 aliphatic carbocycles. The van der Waals surface area contributed by atoms with Gasteiger partial charge in [-0.1, -0.05) is 6.07 Å². The van der Waals surface area contributed by atoms with E-state index in [1.165, 1.54) is 16.0 Å². The molecular formula is C22H26N2O3S. The van der Waals surface area contributed by atoms with E-state index in [0.717, 1.165) is 42.8 Å². The van der Waals surface area contributed by atoms with Crippen LogP contribution in [0.4, 0.5) is 0 Å². The Morgan fingerprint density at radius 2 is 1.96 bits per heavy atom. The van der Waals surface area contributed by atoms with Crippen LogP contribution in [0.15, 0.2) is 34.1 Å². The molecule has 148 valence electrons. The molecule has 1 saturated heterocycles. The van der Waals surface area contributed by atoms with Crippen molar-refractivity contribution in [3.05, 3.63) is 57.0 Å². The number of amides is 1. The number of furan rings is 1. The van der Waals surface area contributed by atoms with E-state index in [0.29, 0.717) is 12.3 Å². The summed E-state index contributed by atoms with van der Waals surface area (Å²) in [6.07, 6.45) is 0. The van der Waals surface area contributed by atoms with Crippen molar-refractivity contribution in [2.75, 3.05) is 32.8 Å². The molecule has 0 saturated carbocycles. The predicted molar refractivity (Wildman–Crippen MR) is 112 cm³/mol. The van der Waals surface area contributed by atoms with Crippen LogP contribution in [-0.4, -0.2) is 43.7 Å². The summed E-state index contributed by atoms with van der Waals surface area (Å²) < 4.78 is 11.4. The van der Waals surface area contributed by atoms with Crippen LogP contribution in [0.3, 0.4) is 0 Å². The third kappa shape index (κ3) is 3.72. The van der Waals surface area contributed by atoms with Gasteiger partial charge in [-0.15, -0.1) is 11.3 Å². The Balaban J connectivity index is 1.53. The summed E-state index contributed by atoms with van der Waals surface area (Å²) in [4.78, 5) is 16.6. The number of aryl methyl sites for hydroxylation is 3. The molecule has 3 aromatic rings. The highest BCUT2D eigenvalue weighted by Crippen LogP contribution is 2.29. The maximum absolute atomic E-state index is 12.9. The molecule has 1 aliphatic heterocycles. The Kier molecular flexibility index (Phi) is 5.53. The molecule has 0 unspecified atom stereocenters. The largest absolute Gasteiger partial charge is 0.451 e. The lowest BCUT2D eigenvalue weighted by atomic mass is 10.0. The van der Waals surface area contributed by atoms with Crippen LogP contribution in [0.5, 0.6) is 0 Å². The molecule has 1 fully saturated rings. The molecule has 1 atom stereocenters. The number of carbonyl (C=O) groups excluding carboxylic acids is 1. The van der Waals surface area contributed by atoms with Gasteiger partial charge in [-0.25, -0.2) is 0 Å². The van der Waals surface area contributed by atoms with Gasteiger partial charge in [-0.3, -0.25) is 9.69 Å². The molecule has 28 heavy (non-hydrogen) atoms. The lowest BCUT2D eigenvalue weighted by Crippen LogP contribution is -2.43. The van der Waals surface area contributed by atoms with Crippen LogP contribution in [0.2, 0.25) is 0 Å². The predicted octanol–water partition coefficient (Wildman–Crippen LogP) is 4.22. The first-order chi connectivity index (χ1) is 13.5. The number of nitrogens with zero attached hydrogens (tertiary/aromatic N) is 1. The van der Waals surface area contributed by atoms with E-state index in [1.807, 2.05) is 13.0 Å². The molecule has 6 heteroatoms. The Morgan fingerprint density at radius 3 is 2.68 bits per heavy atom. The first-order valence-corrected chi connectivity index (χ1v) is 10.6. The standard InChI is InChI=1S/C22H26N2O3S/c1-14-11-17-16(3)21(27-19(17)12-15(14)2)22(25)23-13-18(20-5-4-10-28-20)24-6-8-26-9-7-24/h4-5,10-12,18H,6-9,13H2,1-3H3,(H,23,25)/t18-/m0/s1. The van der Waals surface area contributed by atoms with Crippen molar-refractivity contribution < 1.29 is 13.9 Å². The molecule has 1 N–H and O–H groups in total. The molecule has 0 bridgehead atoms. The summed E-state index contributed by atoms with van der Waals surface area (Å²) in [6, 6.07) is 8.46. The minimum atomic E-state index is -0.154. The minimum absolute atomic E-state index is 0.154. The first kappa shape index (κ1) is 19.2. The van der Waals surface area contributed by atoms with E-state index in [9.17, 15) is 4.79 Å². The molecule has 0 radical (unpaired) electrons. The quantitative estimate of drug-likeness (QED) is 0.699. The fourth-order valence-corrected chi connectivity index (χ4v) is 4.60. The molecule has 1 aromatic carbocycles. The molecule has 1 aliphatic rings. The van der Waals surface area contributed by atoms with Crippen LogP contribution in [0.25, 0.3) is 11.0 Å². The summed E-state index contributed by atoms with van der Waals surface area (Å²) >= 11 is 1.73. The van der Waals surface area contributed by atoms with E-state index in [2.05, 4.69) is 47.6 Å². The van der Waals surface area contributed by atoms with Gasteiger partial charge in [-0.2, -0.15) is 0 Å². The average molecular weight is 399 g/mol. The van der Waals surface area contributed by atoms with Crippen molar-refractivity contribution in [3.63, 3.8) is 0 Å². The van der Waals surface area contributed by atoms with Crippen molar-refractivity contribution in [1.82, 2.24) is 10.2 Å². The van der Waals surface area contributed by atoms with E-state index in [4.69, 9.17) is 9.15 Å². The highest BCUT2D eigenvalue weighted by atomic mass is 32.1. The minimum Gasteiger partial charge on any atom is -0.451 e. The van der Waals surface area contributed by atoms with Gasteiger partial charge in [0.15, 0.2) is 5.76 Å². The third-order valence-electron chi connectivity index (χ3n) is 5.57. The number of morpholine rings is 1. The number of fused-ring (bicyclic) bond motifs is 1. The maximum atomic E-state index is 12.9. The molecule has 0 spiro atoms. The maximum Gasteiger partial charge on any atom is 0.287 e. The van der Waals surface area contributed by atoms with Gasteiger partial charge in [-0.05, 0) is 55.5 Å². The van der Waals surface area contributed by atoms with Crippen LogP contribution in [-0.2, 0) is 4.74 Å². The topological polar surface area (TPSA) is 54.7 Å². The van der Waals surface area contributed by atoms with Gasteiger partial charge >= 0.3 is 0 Å². The first-order valence-electron chi connectivity index (χ1n) is 9.68. The Morgan fingerprint density at radius 1 is 1.21 bits per heavy atom. The summed E-state index contributed by atoms with van der Waals surface area (Å²) in [5.41, 5.74) is 4.04. The second-order valence-electron chi connectivity index (χ2n) is 7.38. The molecule has 3 heterocycles. The van der Waals surface area contributed by atoms with Crippen LogP contribution < -0.4 is 5.32 Å². The second-order valence-corrected chi connectivity index (χ2v) is 8.36. The van der Waals surface area contributed by atoms with Crippen LogP contribution >= 0.6 is 11.3 Å². The summed E-state index contributed by atoms with van der Waals surface area (Å²) in [5.74, 6) is 0.255. The lowest BCUT2D eigenvalue weighted by Gasteiger charge is -2.34. The highest BCUT2D eigenvalue weighted by molar-refractivity contribution is 7.10. The van der Waals surface area contributed by atoms with E-state index < -0.39 is 0 Å². The van der Waals surface area contributed by atoms with E-state index in [-0.39, 0.29) is 11.9 Å². The third-order valence-corrected chi connectivity index (χ3v) is 6.55. The Labute approximate surface area is 169 Å². The van der Waals surface area contributed by atoms with E-state index >= 15 is 0 Å². The van der Waals surface area contributed by atoms with E-state index in [1.54, 1.807) is 11.3 Å². The number of hydrogen-bond donors (Lipinski definition) is 1. The SMILES string of the molecule is Cc1cc2oc(C(=O)NC[C@@H](c3cccs3)N3CCOCC3)c(C)c2cc1C. The number of benzene rings is 1. The smallest absolute Gasteiger partial charge is 0.287 e. The summed E-state index contributed by atoms with van der Waals surface area (Å²) in [7, 11) is 0. The number of ether oxygens (including phenoxy) is 1. The average Bonchev–Trinajstić information content (AvgIpc) is 3.33. The molecule has 1 amide bonds. The van der Waals surface area contributed by atoms with Crippen molar-refractivity contribution in [2.45, 2.75) is 26.8 Å². The summed E-state index contributed by atoms with van der Waals surface area (Å²) in [5, 5.41) is 6.20. The number of hydrogen-bond acceptors (Lipinski definition) is 5. The van der Waals surface area contributed by atoms with Crippen molar-refractivity contribution in [3.8, 4) is 0 Å². The van der Waals surface area contributed by atoms with Gasteiger partial charge in [0.1, 0.15) is 5.58 Å². The highest BCUT2D eigenvalue weighted by Gasteiger charge is 2.25. The monoisotopic (exact) mass is 398 g/mol. The number of thiophene rings is 1. The molecule has 4 rings (SSSR count). The fraction of sp³-hybridized carbons (Fsp3) is 0.409. The van der Waals surface area contributed by atoms with Crippen molar-refractivity contribution in [2.24, 2.45) is 0 Å². The normalized spacial score (nSPS) is 16.4. The number of carbonyl (C=O) groups is 1. The van der Waals surface area contributed by atoms with Crippen LogP contribution in [0, 0.1) is 20.8 Å². The summed E-state index contributed by atoms with van der Waals surface area (Å²) in [6.45, 7) is 9.85. The molecule has 5 nitrogen and oxygen atoms in total.